The fourth-order valence-corrected chi connectivity index (χ4v) is 18.2. The summed E-state index contributed by atoms with van der Waals surface area (Å²) in [6.45, 7) is 8.13. The van der Waals surface area contributed by atoms with Gasteiger partial charge in [-0.2, -0.15) is 0 Å². The Hall–Kier alpha value is -0.0113. The van der Waals surface area contributed by atoms with E-state index in [1.807, 2.05) is 0 Å². The van der Waals surface area contributed by atoms with Crippen molar-refractivity contribution in [2.75, 3.05) is 24.3 Å². The van der Waals surface area contributed by atoms with Gasteiger partial charge < -0.3 is 0 Å². The molecule has 1 amide bonds. The van der Waals surface area contributed by atoms with Gasteiger partial charge in [-0.1, -0.05) is 0 Å². The third-order valence-electron chi connectivity index (χ3n) is 5.62. The molecular formula is C19H39N2O3Sn-. The summed E-state index contributed by atoms with van der Waals surface area (Å²) in [6.07, 6.45) is 7.34. The van der Waals surface area contributed by atoms with Crippen LogP contribution in [0.4, 0.5) is 4.79 Å². The zero-order chi connectivity index (χ0) is 18.8. The third kappa shape index (κ3) is 8.04. The molecule has 0 aliphatic carbocycles. The first-order chi connectivity index (χ1) is 11.9. The molecule has 0 unspecified atom stereocenters. The van der Waals surface area contributed by atoms with E-state index in [2.05, 4.69) is 20.8 Å². The molecule has 1 atom stereocenters. The second-order valence-corrected chi connectivity index (χ2v) is 21.8. The summed E-state index contributed by atoms with van der Waals surface area (Å²) >= 11 is -2.28. The zero-order valence-corrected chi connectivity index (χ0v) is 19.5. The van der Waals surface area contributed by atoms with Crippen molar-refractivity contribution in [3.63, 3.8) is 0 Å². The van der Waals surface area contributed by atoms with Gasteiger partial charge in [-0.3, -0.25) is 0 Å². The zero-order valence-electron chi connectivity index (χ0n) is 16.6. The molecule has 1 saturated heterocycles. The number of carbonyl (C=O) groups excluding carboxylic acids is 1. The van der Waals surface area contributed by atoms with E-state index < -0.39 is 30.0 Å². The molecule has 1 fully saturated rings. The number of hydrogen-bond donors (Lipinski definition) is 1. The average molecular weight is 462 g/mol. The Morgan fingerprint density at radius 3 is 2.04 bits per heavy atom. The van der Waals surface area contributed by atoms with Gasteiger partial charge in [0.15, 0.2) is 0 Å². The van der Waals surface area contributed by atoms with Gasteiger partial charge in [-0.05, 0) is 0 Å². The molecule has 1 aliphatic rings. The Balaban J connectivity index is 2.61. The molecule has 6 heteroatoms. The number of nitrogens with two attached hydrogens (primary N) is 1. The van der Waals surface area contributed by atoms with Gasteiger partial charge in [0, 0.05) is 0 Å². The second kappa shape index (κ2) is 11.6. The van der Waals surface area contributed by atoms with Gasteiger partial charge in [0.2, 0.25) is 0 Å². The fraction of sp³-hybridized carbons (Fsp3) is 0.947. The first-order valence-electron chi connectivity index (χ1n) is 10.2. The van der Waals surface area contributed by atoms with E-state index in [0.29, 0.717) is 26.1 Å². The summed E-state index contributed by atoms with van der Waals surface area (Å²) in [5.41, 5.74) is 5.85. The molecule has 0 saturated carbocycles. The van der Waals surface area contributed by atoms with Crippen molar-refractivity contribution in [3.05, 3.63) is 0 Å². The van der Waals surface area contributed by atoms with Crippen LogP contribution in [0.15, 0.2) is 0 Å². The summed E-state index contributed by atoms with van der Waals surface area (Å²) < 4.78 is 11.5. The Morgan fingerprint density at radius 1 is 1.12 bits per heavy atom. The summed E-state index contributed by atoms with van der Waals surface area (Å²) in [5, 5.41) is 11.0. The molecule has 148 valence electrons. The molecule has 5 nitrogen and oxygen atoms in total. The standard InChI is InChI=1S/C7H13N2O3.3C4H9.Sn/c1-12-5-7(8)2-3-9(4-7)6(10)11;3*1-3-4-2;/h1-5,8H2,(H,10,11);3*1,3-4H2,2H3;/p-1/t7-;;;;/m0..../s1. The molecule has 0 radical (unpaired) electrons. The van der Waals surface area contributed by atoms with Crippen LogP contribution in [-0.2, 0) is 4.74 Å². The molecule has 0 aromatic heterocycles. The van der Waals surface area contributed by atoms with Gasteiger partial charge in [0.1, 0.15) is 0 Å². The van der Waals surface area contributed by atoms with Gasteiger partial charge in [0.05, 0.1) is 0 Å². The monoisotopic (exact) mass is 463 g/mol. The van der Waals surface area contributed by atoms with Gasteiger partial charge in [-0.25, -0.2) is 0 Å². The Kier molecular flexibility index (Phi) is 10.7. The van der Waals surface area contributed by atoms with E-state index >= 15 is 0 Å². The fourth-order valence-electron chi connectivity index (χ4n) is 3.89. The Morgan fingerprint density at radius 2 is 1.64 bits per heavy atom. The van der Waals surface area contributed by atoms with E-state index in [1.54, 1.807) is 0 Å². The van der Waals surface area contributed by atoms with E-state index in [0.717, 1.165) is 4.62 Å². The van der Waals surface area contributed by atoms with Crippen molar-refractivity contribution in [2.45, 2.75) is 84.6 Å². The van der Waals surface area contributed by atoms with Crippen molar-refractivity contribution < 1.29 is 14.6 Å². The molecular weight excluding hydrogens is 423 g/mol. The number of nitrogens with zero attached hydrogens (tertiary/aromatic N) is 1. The number of carbonyl (C=O) groups is 1. The minimum absolute atomic E-state index is 0.344. The van der Waals surface area contributed by atoms with Crippen LogP contribution in [0.1, 0.15) is 65.7 Å². The maximum atomic E-state index is 11.0. The maximum absolute atomic E-state index is 11.0. The van der Waals surface area contributed by atoms with Crippen molar-refractivity contribution in [1.29, 1.82) is 0 Å². The van der Waals surface area contributed by atoms with E-state index in [4.69, 9.17) is 10.5 Å². The van der Waals surface area contributed by atoms with Crippen LogP contribution in [0.5, 0.6) is 0 Å². The Bertz CT molecular complexity index is 373. The second-order valence-electron chi connectivity index (χ2n) is 8.10. The number of likely N-dealkylation sites (tertiary alicyclic amines) is 1. The van der Waals surface area contributed by atoms with E-state index in [9.17, 15) is 9.90 Å². The number of amides is 1. The summed E-state index contributed by atoms with van der Waals surface area (Å²) in [7, 11) is 0. The number of carboxylic acid groups (broad SMARTS) is 1. The normalized spacial score (nSPS) is 21.0. The van der Waals surface area contributed by atoms with Crippen molar-refractivity contribution in [2.24, 2.45) is 5.73 Å². The van der Waals surface area contributed by atoms with Gasteiger partial charge >= 0.3 is 159 Å². The molecule has 25 heavy (non-hydrogen) atoms. The SMILES string of the molecule is CCC[CH2][Sn]([CH2]CCC)([CH2]CCC)[CH2]OC[C@]1(N)CCN(C(=O)[O-])C1. The molecule has 1 heterocycles. The molecule has 0 aromatic rings. The predicted octanol–water partition coefficient (Wildman–Crippen LogP) is 3.14. The average Bonchev–Trinajstić information content (AvgIpc) is 2.98. The molecule has 0 aromatic carbocycles. The van der Waals surface area contributed by atoms with Gasteiger partial charge in [0.25, 0.3) is 0 Å². The van der Waals surface area contributed by atoms with Crippen LogP contribution in [-0.4, -0.2) is 59.2 Å². The van der Waals surface area contributed by atoms with E-state index in [-0.39, 0.29) is 0 Å². The number of unbranched alkanes of at least 4 members (excludes halogenated alkanes) is 3. The first kappa shape index (κ1) is 23.0. The van der Waals surface area contributed by atoms with Crippen LogP contribution < -0.4 is 10.8 Å². The summed E-state index contributed by atoms with van der Waals surface area (Å²) in [6, 6.07) is 0. The minimum atomic E-state index is -2.28. The predicted molar refractivity (Wildman–Crippen MR) is 104 cm³/mol. The van der Waals surface area contributed by atoms with Crippen molar-refractivity contribution in [1.82, 2.24) is 4.90 Å². The molecule has 0 spiro atoms. The number of ether oxygens (including phenoxy) is 1. The molecule has 1 aliphatic heterocycles. The van der Waals surface area contributed by atoms with Crippen LogP contribution in [0.3, 0.4) is 0 Å². The van der Waals surface area contributed by atoms with Crippen LogP contribution in [0.2, 0.25) is 13.3 Å². The van der Waals surface area contributed by atoms with E-state index in [1.165, 1.54) is 56.7 Å². The van der Waals surface area contributed by atoms with Crippen LogP contribution in [0.25, 0.3) is 0 Å². The summed E-state index contributed by atoms with van der Waals surface area (Å²) in [5.74, 6) is 0. The van der Waals surface area contributed by atoms with Crippen molar-refractivity contribution >= 4 is 24.5 Å². The van der Waals surface area contributed by atoms with Crippen molar-refractivity contribution in [3.8, 4) is 0 Å². The number of hydrogen-bond acceptors (Lipinski definition) is 4. The quantitative estimate of drug-likeness (QED) is 0.427. The molecule has 2 N–H and O–H groups in total. The van der Waals surface area contributed by atoms with Crippen LogP contribution >= 0.6 is 0 Å². The topological polar surface area (TPSA) is 78.6 Å². The summed E-state index contributed by atoms with van der Waals surface area (Å²) in [4.78, 5) is 12.3. The van der Waals surface area contributed by atoms with Crippen LogP contribution in [0, 0.1) is 0 Å². The first-order valence-corrected chi connectivity index (χ1v) is 18.3. The Labute approximate surface area is 158 Å². The number of rotatable bonds is 13. The van der Waals surface area contributed by atoms with Gasteiger partial charge in [-0.15, -0.1) is 0 Å². The molecule has 1 rings (SSSR count). The third-order valence-corrected chi connectivity index (χ3v) is 20.1. The molecule has 0 bridgehead atoms.